The summed E-state index contributed by atoms with van der Waals surface area (Å²) in [4.78, 5) is 18.2. The predicted molar refractivity (Wildman–Crippen MR) is 114 cm³/mol. The lowest BCUT2D eigenvalue weighted by Gasteiger charge is -2.33. The molecule has 26 heavy (non-hydrogen) atoms. The number of piperidine rings is 1. The Labute approximate surface area is 173 Å². The first-order valence-electron chi connectivity index (χ1n) is 8.82. The summed E-state index contributed by atoms with van der Waals surface area (Å²) >= 11 is 0. The van der Waals surface area contributed by atoms with E-state index < -0.39 is 0 Å². The van der Waals surface area contributed by atoms with Gasteiger partial charge in [-0.15, -0.1) is 24.0 Å². The quantitative estimate of drug-likeness (QED) is 0.307. The van der Waals surface area contributed by atoms with E-state index in [1.165, 1.54) is 7.11 Å². The Balaban J connectivity index is 0.00000338. The van der Waals surface area contributed by atoms with Crippen LogP contribution in [0.2, 0.25) is 0 Å². The van der Waals surface area contributed by atoms with Crippen molar-refractivity contribution in [2.24, 2.45) is 10.9 Å². The molecule has 1 aliphatic rings. The van der Waals surface area contributed by atoms with E-state index in [-0.39, 0.29) is 42.0 Å². The molecule has 7 heteroatoms. The molecule has 0 bridgehead atoms. The molecular weight excluding hydrogens is 445 g/mol. The van der Waals surface area contributed by atoms with Crippen molar-refractivity contribution in [3.63, 3.8) is 0 Å². The van der Waals surface area contributed by atoms with Crippen molar-refractivity contribution in [3.05, 3.63) is 29.8 Å². The summed E-state index contributed by atoms with van der Waals surface area (Å²) in [5.41, 5.74) is 1.14. The van der Waals surface area contributed by atoms with Crippen LogP contribution in [0.3, 0.4) is 0 Å². The molecule has 0 radical (unpaired) electrons. The highest BCUT2D eigenvalue weighted by Crippen LogP contribution is 2.19. The topological polar surface area (TPSA) is 63.2 Å². The van der Waals surface area contributed by atoms with E-state index in [1.807, 2.05) is 32.0 Å². The first-order chi connectivity index (χ1) is 12.0. The number of guanidine groups is 1. The number of likely N-dealkylation sites (tertiary alicyclic amines) is 1. The molecule has 0 aromatic heterocycles. The van der Waals surface area contributed by atoms with Crippen LogP contribution in [0.4, 0.5) is 0 Å². The minimum Gasteiger partial charge on any atom is -0.491 e. The van der Waals surface area contributed by atoms with Crippen LogP contribution in [0, 0.1) is 5.92 Å². The third-order valence-corrected chi connectivity index (χ3v) is 4.26. The average Bonchev–Trinajstić information content (AvgIpc) is 2.62. The van der Waals surface area contributed by atoms with Crippen molar-refractivity contribution >= 4 is 35.9 Å². The Morgan fingerprint density at radius 2 is 2.04 bits per heavy atom. The van der Waals surface area contributed by atoms with Crippen LogP contribution in [-0.4, -0.2) is 50.2 Å². The van der Waals surface area contributed by atoms with E-state index in [0.29, 0.717) is 6.54 Å². The van der Waals surface area contributed by atoms with Crippen LogP contribution in [0.25, 0.3) is 0 Å². The zero-order chi connectivity index (χ0) is 18.2. The number of hydrogen-bond donors (Lipinski definition) is 1. The molecule has 1 heterocycles. The summed E-state index contributed by atoms with van der Waals surface area (Å²) in [6.07, 6.45) is 1.75. The maximum absolute atomic E-state index is 11.6. The summed E-state index contributed by atoms with van der Waals surface area (Å²) in [7, 11) is 3.24. The van der Waals surface area contributed by atoms with Gasteiger partial charge in [0.25, 0.3) is 0 Å². The highest BCUT2D eigenvalue weighted by molar-refractivity contribution is 14.0. The van der Waals surface area contributed by atoms with Gasteiger partial charge < -0.3 is 19.7 Å². The number of nitrogens with one attached hydrogen (secondary N) is 1. The Bertz CT molecular complexity index is 599. The molecule has 1 fully saturated rings. The Hall–Kier alpha value is -1.51. The van der Waals surface area contributed by atoms with E-state index in [9.17, 15) is 4.79 Å². The molecule has 1 aromatic carbocycles. The lowest BCUT2D eigenvalue weighted by atomic mass is 9.97. The van der Waals surface area contributed by atoms with Gasteiger partial charge in [0.15, 0.2) is 5.96 Å². The number of carbonyl (C=O) groups excluding carboxylic acids is 1. The maximum Gasteiger partial charge on any atom is 0.308 e. The monoisotopic (exact) mass is 475 g/mol. The second-order valence-electron chi connectivity index (χ2n) is 6.50. The fraction of sp³-hybridized carbons (Fsp3) is 0.579. The van der Waals surface area contributed by atoms with Crippen LogP contribution in [0.5, 0.6) is 5.75 Å². The van der Waals surface area contributed by atoms with Crippen LogP contribution in [0.1, 0.15) is 32.3 Å². The zero-order valence-corrected chi connectivity index (χ0v) is 18.4. The second-order valence-corrected chi connectivity index (χ2v) is 6.50. The molecule has 0 saturated carbocycles. The number of rotatable bonds is 5. The van der Waals surface area contributed by atoms with E-state index in [2.05, 4.69) is 21.3 Å². The number of benzene rings is 1. The molecule has 1 aliphatic heterocycles. The molecule has 2 rings (SSSR count). The summed E-state index contributed by atoms with van der Waals surface area (Å²) in [5.74, 6) is 1.63. The van der Waals surface area contributed by atoms with Crippen molar-refractivity contribution < 1.29 is 14.3 Å². The van der Waals surface area contributed by atoms with Crippen molar-refractivity contribution in [2.45, 2.75) is 39.3 Å². The van der Waals surface area contributed by atoms with Gasteiger partial charge in [-0.1, -0.05) is 12.1 Å². The molecule has 1 aromatic rings. The molecule has 0 atom stereocenters. The van der Waals surface area contributed by atoms with Gasteiger partial charge in [-0.25, -0.2) is 0 Å². The molecular formula is C19H30IN3O3. The summed E-state index contributed by atoms with van der Waals surface area (Å²) in [5, 5.41) is 3.40. The number of methoxy groups -OCH3 is 1. The molecule has 0 unspecified atom stereocenters. The average molecular weight is 475 g/mol. The number of ether oxygens (including phenoxy) is 2. The third-order valence-electron chi connectivity index (χ3n) is 4.26. The molecule has 1 saturated heterocycles. The third kappa shape index (κ3) is 6.66. The minimum absolute atomic E-state index is 0. The fourth-order valence-electron chi connectivity index (χ4n) is 3.01. The van der Waals surface area contributed by atoms with Crippen molar-refractivity contribution in [1.29, 1.82) is 0 Å². The number of aliphatic imine (C=N–C) groups is 1. The maximum atomic E-state index is 11.6. The smallest absolute Gasteiger partial charge is 0.308 e. The summed E-state index contributed by atoms with van der Waals surface area (Å²) in [6, 6.07) is 8.08. The first-order valence-corrected chi connectivity index (χ1v) is 8.82. The van der Waals surface area contributed by atoms with Gasteiger partial charge in [0.1, 0.15) is 5.75 Å². The Kier molecular flexibility index (Phi) is 9.75. The number of carbonyl (C=O) groups is 1. The van der Waals surface area contributed by atoms with Crippen LogP contribution in [0.15, 0.2) is 29.3 Å². The lowest BCUT2D eigenvalue weighted by molar-refractivity contribution is -0.146. The normalized spacial score (nSPS) is 15.4. The standard InChI is InChI=1S/C19H29N3O3.HI/c1-14(2)25-17-7-5-6-15(12-17)13-21-19(20-3)22-10-8-16(9-11-22)18(23)24-4;/h5-7,12,14,16H,8-11,13H2,1-4H3,(H,20,21);1H. The van der Waals surface area contributed by atoms with Gasteiger partial charge in [-0.2, -0.15) is 0 Å². The second kappa shape index (κ2) is 11.3. The van der Waals surface area contributed by atoms with Gasteiger partial charge in [-0.3, -0.25) is 9.79 Å². The highest BCUT2D eigenvalue weighted by Gasteiger charge is 2.26. The van der Waals surface area contributed by atoms with E-state index in [0.717, 1.165) is 43.2 Å². The SMILES string of the molecule is CN=C(NCc1cccc(OC(C)C)c1)N1CCC(C(=O)OC)CC1.I. The minimum atomic E-state index is -0.107. The zero-order valence-electron chi connectivity index (χ0n) is 16.0. The van der Waals surface area contributed by atoms with Gasteiger partial charge in [0.2, 0.25) is 0 Å². The van der Waals surface area contributed by atoms with E-state index in [1.54, 1.807) is 7.05 Å². The molecule has 0 aliphatic carbocycles. The molecule has 0 spiro atoms. The summed E-state index contributed by atoms with van der Waals surface area (Å²) < 4.78 is 10.6. The molecule has 6 nitrogen and oxygen atoms in total. The van der Waals surface area contributed by atoms with Crippen LogP contribution in [-0.2, 0) is 16.1 Å². The largest absolute Gasteiger partial charge is 0.491 e. The number of nitrogens with zero attached hydrogens (tertiary/aromatic N) is 2. The van der Waals surface area contributed by atoms with Crippen molar-refractivity contribution in [3.8, 4) is 5.75 Å². The first kappa shape index (κ1) is 22.5. The van der Waals surface area contributed by atoms with E-state index >= 15 is 0 Å². The van der Waals surface area contributed by atoms with Gasteiger partial charge >= 0.3 is 5.97 Å². The number of hydrogen-bond acceptors (Lipinski definition) is 4. The van der Waals surface area contributed by atoms with E-state index in [4.69, 9.17) is 9.47 Å². The van der Waals surface area contributed by atoms with Crippen molar-refractivity contribution in [2.75, 3.05) is 27.2 Å². The van der Waals surface area contributed by atoms with Gasteiger partial charge in [0.05, 0.1) is 19.1 Å². The summed E-state index contributed by atoms with van der Waals surface area (Å²) in [6.45, 7) is 6.32. The Morgan fingerprint density at radius 1 is 1.35 bits per heavy atom. The molecule has 0 amide bonds. The molecule has 1 N–H and O–H groups in total. The van der Waals surface area contributed by atoms with Crippen LogP contribution >= 0.6 is 24.0 Å². The fourth-order valence-corrected chi connectivity index (χ4v) is 3.01. The number of esters is 1. The van der Waals surface area contributed by atoms with Gasteiger partial charge in [-0.05, 0) is 44.4 Å². The predicted octanol–water partition coefficient (Wildman–Crippen LogP) is 3.05. The highest BCUT2D eigenvalue weighted by atomic mass is 127. The van der Waals surface area contributed by atoms with Crippen molar-refractivity contribution in [1.82, 2.24) is 10.2 Å². The van der Waals surface area contributed by atoms with Crippen LogP contribution < -0.4 is 10.1 Å². The lowest BCUT2D eigenvalue weighted by Crippen LogP contribution is -2.46. The Morgan fingerprint density at radius 3 is 2.62 bits per heavy atom. The number of halogens is 1. The molecule has 146 valence electrons. The van der Waals surface area contributed by atoms with Gasteiger partial charge in [0, 0.05) is 26.7 Å².